The van der Waals surface area contributed by atoms with Gasteiger partial charge < -0.3 is 13.9 Å². The maximum atomic E-state index is 12.2. The highest BCUT2D eigenvalue weighted by Gasteiger charge is 2.28. The summed E-state index contributed by atoms with van der Waals surface area (Å²) >= 11 is 0. The average Bonchev–Trinajstić information content (AvgIpc) is 3.17. The number of pyridine rings is 1. The molecule has 0 saturated carbocycles. The summed E-state index contributed by atoms with van der Waals surface area (Å²) in [6.07, 6.45) is -4.25. The van der Waals surface area contributed by atoms with Crippen LogP contribution in [0.3, 0.4) is 0 Å². The molecule has 3 aromatic rings. The number of aromatic nitrogens is 3. The normalized spacial score (nSPS) is 12.4. The average molecular weight is 407 g/mol. The summed E-state index contributed by atoms with van der Waals surface area (Å²) in [5.74, 6) is -0.614. The Labute approximate surface area is 163 Å². The van der Waals surface area contributed by atoms with Crippen LogP contribution in [0.15, 0.2) is 47.0 Å². The number of halogens is 3. The topological polar surface area (TPSA) is 87.3 Å². The molecule has 10 heteroatoms. The molecule has 0 amide bonds. The summed E-state index contributed by atoms with van der Waals surface area (Å²) in [5.41, 5.74) is 1.85. The molecule has 1 aromatic carbocycles. The minimum Gasteiger partial charge on any atom is -0.468 e. The molecular weight excluding hydrogens is 391 g/mol. The minimum atomic E-state index is -4.48. The lowest BCUT2D eigenvalue weighted by molar-refractivity contribution is -0.154. The second kappa shape index (κ2) is 8.29. The van der Waals surface area contributed by atoms with Crippen LogP contribution in [0, 0.1) is 6.92 Å². The summed E-state index contributed by atoms with van der Waals surface area (Å²) in [6, 6.07) is 9.86. The van der Waals surface area contributed by atoms with E-state index in [1.807, 2.05) is 31.2 Å². The molecule has 1 atom stereocenters. The molecule has 0 aliphatic carbocycles. The van der Waals surface area contributed by atoms with E-state index in [0.717, 1.165) is 23.4 Å². The summed E-state index contributed by atoms with van der Waals surface area (Å²) in [6.45, 7) is 2.04. The van der Waals surface area contributed by atoms with Gasteiger partial charge in [-0.2, -0.15) is 13.2 Å². The molecule has 0 aliphatic rings. The highest BCUT2D eigenvalue weighted by molar-refractivity contribution is 5.89. The number of hydrogen-bond donors (Lipinski definition) is 0. The lowest BCUT2D eigenvalue weighted by Crippen LogP contribution is -2.19. The SMILES string of the molecule is Cc1ccc(-c2nnc(C(C)OC(=O)c3ccc(OCC(F)(F)F)nc3)o2)cc1. The van der Waals surface area contributed by atoms with Crippen LogP contribution in [0.5, 0.6) is 5.88 Å². The Bertz CT molecular complexity index is 970. The second-order valence-electron chi connectivity index (χ2n) is 6.15. The van der Waals surface area contributed by atoms with Crippen molar-refractivity contribution in [3.05, 3.63) is 59.6 Å². The number of aryl methyl sites for hydroxylation is 1. The molecule has 2 aromatic heterocycles. The predicted molar refractivity (Wildman–Crippen MR) is 94.1 cm³/mol. The lowest BCUT2D eigenvalue weighted by Gasteiger charge is -2.10. The third kappa shape index (κ3) is 5.53. The van der Waals surface area contributed by atoms with Crippen LogP contribution in [0.25, 0.3) is 11.5 Å². The van der Waals surface area contributed by atoms with Gasteiger partial charge in [-0.25, -0.2) is 9.78 Å². The zero-order valence-electron chi connectivity index (χ0n) is 15.4. The summed E-state index contributed by atoms with van der Waals surface area (Å²) in [4.78, 5) is 15.9. The predicted octanol–water partition coefficient (Wildman–Crippen LogP) is 4.30. The Balaban J connectivity index is 1.61. The van der Waals surface area contributed by atoms with Crippen molar-refractivity contribution >= 4 is 5.97 Å². The maximum absolute atomic E-state index is 12.2. The van der Waals surface area contributed by atoms with Crippen LogP contribution in [0.4, 0.5) is 13.2 Å². The zero-order chi connectivity index (χ0) is 21.0. The molecule has 0 bridgehead atoms. The Morgan fingerprint density at radius 3 is 2.48 bits per heavy atom. The van der Waals surface area contributed by atoms with Gasteiger partial charge in [0.05, 0.1) is 5.56 Å². The van der Waals surface area contributed by atoms with E-state index >= 15 is 0 Å². The van der Waals surface area contributed by atoms with Crippen LogP contribution in [-0.2, 0) is 4.74 Å². The first-order valence-electron chi connectivity index (χ1n) is 8.48. The van der Waals surface area contributed by atoms with Gasteiger partial charge >= 0.3 is 12.1 Å². The first-order chi connectivity index (χ1) is 13.7. The zero-order valence-corrected chi connectivity index (χ0v) is 15.4. The monoisotopic (exact) mass is 407 g/mol. The van der Waals surface area contributed by atoms with E-state index in [9.17, 15) is 18.0 Å². The Kier molecular flexibility index (Phi) is 5.81. The van der Waals surface area contributed by atoms with Crippen molar-refractivity contribution in [2.24, 2.45) is 0 Å². The van der Waals surface area contributed by atoms with E-state index in [4.69, 9.17) is 9.15 Å². The van der Waals surface area contributed by atoms with Crippen LogP contribution < -0.4 is 4.74 Å². The van der Waals surface area contributed by atoms with Crippen molar-refractivity contribution in [3.8, 4) is 17.3 Å². The van der Waals surface area contributed by atoms with Crippen molar-refractivity contribution in [2.75, 3.05) is 6.61 Å². The Hall–Kier alpha value is -3.43. The summed E-state index contributed by atoms with van der Waals surface area (Å²) in [7, 11) is 0. The van der Waals surface area contributed by atoms with Gasteiger partial charge in [0.2, 0.25) is 11.8 Å². The molecule has 0 radical (unpaired) electrons. The number of benzene rings is 1. The Morgan fingerprint density at radius 2 is 1.86 bits per heavy atom. The van der Waals surface area contributed by atoms with Crippen LogP contribution in [0.1, 0.15) is 34.8 Å². The third-order valence-corrected chi connectivity index (χ3v) is 3.73. The van der Waals surface area contributed by atoms with E-state index in [2.05, 4.69) is 19.9 Å². The van der Waals surface area contributed by atoms with Crippen molar-refractivity contribution in [2.45, 2.75) is 26.1 Å². The second-order valence-corrected chi connectivity index (χ2v) is 6.15. The maximum Gasteiger partial charge on any atom is 0.422 e. The number of carbonyl (C=O) groups is 1. The van der Waals surface area contributed by atoms with Crippen molar-refractivity contribution in [1.29, 1.82) is 0 Å². The number of nitrogens with zero attached hydrogens (tertiary/aromatic N) is 3. The van der Waals surface area contributed by atoms with E-state index in [0.29, 0.717) is 0 Å². The smallest absolute Gasteiger partial charge is 0.422 e. The first-order valence-corrected chi connectivity index (χ1v) is 8.48. The van der Waals surface area contributed by atoms with Crippen molar-refractivity contribution in [3.63, 3.8) is 0 Å². The summed E-state index contributed by atoms with van der Waals surface area (Å²) in [5, 5.41) is 7.83. The third-order valence-electron chi connectivity index (χ3n) is 3.73. The molecule has 7 nitrogen and oxygen atoms in total. The van der Waals surface area contributed by atoms with Gasteiger partial charge in [0.1, 0.15) is 0 Å². The molecule has 152 valence electrons. The standard InChI is InChI=1S/C19H16F3N3O4/c1-11-3-5-13(6-4-11)17-25-24-16(29-17)12(2)28-18(26)14-7-8-15(23-9-14)27-10-19(20,21)22/h3-9,12H,10H2,1-2H3. The molecule has 1 unspecified atom stereocenters. The van der Waals surface area contributed by atoms with Crippen LogP contribution in [0.2, 0.25) is 0 Å². The van der Waals surface area contributed by atoms with Crippen LogP contribution in [-0.4, -0.2) is 33.9 Å². The van der Waals surface area contributed by atoms with Gasteiger partial charge in [-0.3, -0.25) is 0 Å². The van der Waals surface area contributed by atoms with Crippen LogP contribution >= 0.6 is 0 Å². The number of rotatable bonds is 6. The fourth-order valence-electron chi connectivity index (χ4n) is 2.23. The van der Waals surface area contributed by atoms with Gasteiger partial charge in [0.25, 0.3) is 5.89 Å². The van der Waals surface area contributed by atoms with Gasteiger partial charge in [0.15, 0.2) is 12.7 Å². The number of hydrogen-bond acceptors (Lipinski definition) is 7. The molecule has 0 saturated heterocycles. The number of ether oxygens (including phenoxy) is 2. The molecule has 2 heterocycles. The fourth-order valence-corrected chi connectivity index (χ4v) is 2.23. The van der Waals surface area contributed by atoms with Gasteiger partial charge in [-0.05, 0) is 32.0 Å². The highest BCUT2D eigenvalue weighted by atomic mass is 19.4. The first kappa shape index (κ1) is 20.3. The molecule has 0 N–H and O–H groups in total. The van der Waals surface area contributed by atoms with Crippen molar-refractivity contribution in [1.82, 2.24) is 15.2 Å². The van der Waals surface area contributed by atoms with Gasteiger partial charge in [-0.1, -0.05) is 17.7 Å². The quantitative estimate of drug-likeness (QED) is 0.563. The van der Waals surface area contributed by atoms with E-state index < -0.39 is 24.9 Å². The van der Waals surface area contributed by atoms with Crippen molar-refractivity contribution < 1.29 is 31.9 Å². The molecule has 0 aliphatic heterocycles. The molecule has 0 fully saturated rings. The highest BCUT2D eigenvalue weighted by Crippen LogP contribution is 2.24. The largest absolute Gasteiger partial charge is 0.468 e. The number of carbonyl (C=O) groups excluding carboxylic acids is 1. The molecule has 0 spiro atoms. The molecular formula is C19H16F3N3O4. The number of esters is 1. The minimum absolute atomic E-state index is 0.0366. The summed E-state index contributed by atoms with van der Waals surface area (Å²) < 4.78 is 51.7. The molecule has 29 heavy (non-hydrogen) atoms. The lowest BCUT2D eigenvalue weighted by atomic mass is 10.1. The van der Waals surface area contributed by atoms with E-state index in [1.54, 1.807) is 6.92 Å². The van der Waals surface area contributed by atoms with Gasteiger partial charge in [0, 0.05) is 17.8 Å². The fraction of sp³-hybridized carbons (Fsp3) is 0.263. The Morgan fingerprint density at radius 1 is 1.14 bits per heavy atom. The number of alkyl halides is 3. The van der Waals surface area contributed by atoms with Gasteiger partial charge in [-0.15, -0.1) is 10.2 Å². The van der Waals surface area contributed by atoms with E-state index in [1.165, 1.54) is 6.07 Å². The molecule has 3 rings (SSSR count). The van der Waals surface area contributed by atoms with E-state index in [-0.39, 0.29) is 23.2 Å².